The summed E-state index contributed by atoms with van der Waals surface area (Å²) in [6, 6.07) is 0. The van der Waals surface area contributed by atoms with Crippen molar-refractivity contribution in [2.45, 2.75) is 6.92 Å². The molecule has 0 atom stereocenters. The number of amides is 1. The Kier molecular flexibility index (Phi) is 3.60. The third-order valence-electron chi connectivity index (χ3n) is 2.53. The van der Waals surface area contributed by atoms with E-state index in [-0.39, 0.29) is 11.8 Å². The zero-order valence-electron chi connectivity index (χ0n) is 9.02. The van der Waals surface area contributed by atoms with Gasteiger partial charge in [0.05, 0.1) is 0 Å². The van der Waals surface area contributed by atoms with Crippen molar-refractivity contribution in [2.24, 2.45) is 0 Å². The zero-order valence-corrected chi connectivity index (χ0v) is 10.6. The molecule has 2 rings (SSSR count). The largest absolute Gasteiger partial charge is 0.343 e. The summed E-state index contributed by atoms with van der Waals surface area (Å²) >= 11 is 7.10. The molecule has 0 aromatic carbocycles. The summed E-state index contributed by atoms with van der Waals surface area (Å²) in [6.45, 7) is 4.97. The molecule has 0 N–H and O–H groups in total. The van der Waals surface area contributed by atoms with E-state index in [9.17, 15) is 4.79 Å². The van der Waals surface area contributed by atoms with Gasteiger partial charge in [0.1, 0.15) is 10.9 Å². The fourth-order valence-electron chi connectivity index (χ4n) is 1.65. The molecule has 0 bridgehead atoms. The number of nitrogens with zero attached hydrogens (tertiary/aromatic N) is 4. The Morgan fingerprint density at radius 3 is 2.56 bits per heavy atom. The second-order valence-corrected chi connectivity index (χ2v) is 5.03. The minimum atomic E-state index is 0.00904. The van der Waals surface area contributed by atoms with Gasteiger partial charge in [0, 0.05) is 26.2 Å². The van der Waals surface area contributed by atoms with E-state index >= 15 is 0 Å². The van der Waals surface area contributed by atoms with Crippen LogP contribution in [0.15, 0.2) is 0 Å². The monoisotopic (exact) mass is 260 g/mol. The average molecular weight is 261 g/mol. The fraction of sp³-hybridized carbons (Fsp3) is 0.667. The van der Waals surface area contributed by atoms with Crippen LogP contribution in [-0.2, 0) is 4.79 Å². The Morgan fingerprint density at radius 1 is 1.38 bits per heavy atom. The Hall–Kier alpha value is -0.880. The SMILES string of the molecule is Cc1nnc(N2CCN(C(=O)CCl)CC2)s1. The first-order valence-electron chi connectivity index (χ1n) is 5.09. The highest BCUT2D eigenvalue weighted by atomic mass is 35.5. The fourth-order valence-corrected chi connectivity index (χ4v) is 2.55. The van der Waals surface area contributed by atoms with Crippen LogP contribution in [0.25, 0.3) is 0 Å². The summed E-state index contributed by atoms with van der Waals surface area (Å²) in [7, 11) is 0. The van der Waals surface area contributed by atoms with Gasteiger partial charge in [0.15, 0.2) is 0 Å². The molecule has 88 valence electrons. The minimum Gasteiger partial charge on any atom is -0.343 e. The molecule has 0 aliphatic carbocycles. The summed E-state index contributed by atoms with van der Waals surface area (Å²) in [4.78, 5) is 15.3. The number of rotatable bonds is 2. The maximum absolute atomic E-state index is 11.4. The van der Waals surface area contributed by atoms with Crippen LogP contribution in [0.1, 0.15) is 5.01 Å². The van der Waals surface area contributed by atoms with E-state index in [2.05, 4.69) is 15.1 Å². The van der Waals surface area contributed by atoms with E-state index < -0.39 is 0 Å². The van der Waals surface area contributed by atoms with Gasteiger partial charge in [-0.05, 0) is 6.92 Å². The third kappa shape index (κ3) is 2.44. The average Bonchev–Trinajstić information content (AvgIpc) is 2.75. The Labute approximate surface area is 103 Å². The first-order chi connectivity index (χ1) is 7.70. The lowest BCUT2D eigenvalue weighted by atomic mass is 10.3. The van der Waals surface area contributed by atoms with E-state index in [1.165, 1.54) is 0 Å². The van der Waals surface area contributed by atoms with Crippen molar-refractivity contribution in [1.29, 1.82) is 0 Å². The number of halogens is 1. The van der Waals surface area contributed by atoms with Crippen LogP contribution in [0.5, 0.6) is 0 Å². The summed E-state index contributed by atoms with van der Waals surface area (Å²) in [6.07, 6.45) is 0. The van der Waals surface area contributed by atoms with Gasteiger partial charge in [-0.15, -0.1) is 21.8 Å². The lowest BCUT2D eigenvalue weighted by molar-refractivity contribution is -0.128. The van der Waals surface area contributed by atoms with Gasteiger partial charge in [0.25, 0.3) is 0 Å². The first-order valence-corrected chi connectivity index (χ1v) is 6.44. The second-order valence-electron chi connectivity index (χ2n) is 3.61. The van der Waals surface area contributed by atoms with Crippen LogP contribution in [0, 0.1) is 6.92 Å². The van der Waals surface area contributed by atoms with E-state index in [0.29, 0.717) is 13.1 Å². The lowest BCUT2D eigenvalue weighted by Gasteiger charge is -2.33. The molecule has 2 heterocycles. The maximum Gasteiger partial charge on any atom is 0.237 e. The maximum atomic E-state index is 11.4. The van der Waals surface area contributed by atoms with Crippen molar-refractivity contribution in [3.05, 3.63) is 5.01 Å². The first kappa shape index (κ1) is 11.6. The Bertz CT molecular complexity index is 375. The summed E-state index contributed by atoms with van der Waals surface area (Å²) < 4.78 is 0. The van der Waals surface area contributed by atoms with Crippen molar-refractivity contribution in [1.82, 2.24) is 15.1 Å². The van der Waals surface area contributed by atoms with Crippen molar-refractivity contribution >= 4 is 34.0 Å². The van der Waals surface area contributed by atoms with Gasteiger partial charge in [-0.1, -0.05) is 11.3 Å². The molecule has 1 aliphatic rings. The van der Waals surface area contributed by atoms with Crippen LogP contribution >= 0.6 is 22.9 Å². The van der Waals surface area contributed by atoms with Crippen LogP contribution in [0.2, 0.25) is 0 Å². The number of carbonyl (C=O) groups is 1. The van der Waals surface area contributed by atoms with Crippen LogP contribution < -0.4 is 4.90 Å². The van der Waals surface area contributed by atoms with Crippen molar-refractivity contribution in [2.75, 3.05) is 37.0 Å². The van der Waals surface area contributed by atoms with E-state index in [0.717, 1.165) is 23.2 Å². The molecule has 7 heteroatoms. The van der Waals surface area contributed by atoms with Gasteiger partial charge in [-0.25, -0.2) is 0 Å². The summed E-state index contributed by atoms with van der Waals surface area (Å²) in [5.74, 6) is 0.0764. The van der Waals surface area contributed by atoms with E-state index in [4.69, 9.17) is 11.6 Å². The molecule has 1 saturated heterocycles. The summed E-state index contributed by atoms with van der Waals surface area (Å²) in [5.41, 5.74) is 0. The molecule has 16 heavy (non-hydrogen) atoms. The predicted octanol–water partition coefficient (Wildman–Crippen LogP) is 0.734. The molecule has 0 unspecified atom stereocenters. The number of aromatic nitrogens is 2. The van der Waals surface area contributed by atoms with Crippen LogP contribution in [-0.4, -0.2) is 53.1 Å². The van der Waals surface area contributed by atoms with E-state index in [1.54, 1.807) is 16.2 Å². The molecule has 1 aromatic heterocycles. The van der Waals surface area contributed by atoms with Crippen molar-refractivity contribution in [3.63, 3.8) is 0 Å². The Balaban J connectivity index is 1.92. The highest BCUT2D eigenvalue weighted by Crippen LogP contribution is 2.20. The number of carbonyl (C=O) groups excluding carboxylic acids is 1. The number of aryl methyl sites for hydroxylation is 1. The highest BCUT2D eigenvalue weighted by molar-refractivity contribution is 7.15. The van der Waals surface area contributed by atoms with Gasteiger partial charge >= 0.3 is 0 Å². The molecule has 1 fully saturated rings. The highest BCUT2D eigenvalue weighted by Gasteiger charge is 2.22. The molecular weight excluding hydrogens is 248 g/mol. The third-order valence-corrected chi connectivity index (χ3v) is 3.66. The molecule has 0 radical (unpaired) electrons. The Morgan fingerprint density at radius 2 is 2.06 bits per heavy atom. The van der Waals surface area contributed by atoms with Crippen molar-refractivity contribution < 1.29 is 4.79 Å². The smallest absolute Gasteiger partial charge is 0.237 e. The number of anilines is 1. The number of hydrogen-bond acceptors (Lipinski definition) is 5. The van der Waals surface area contributed by atoms with Crippen LogP contribution in [0.3, 0.4) is 0 Å². The van der Waals surface area contributed by atoms with E-state index in [1.807, 2.05) is 6.92 Å². The molecule has 1 aromatic rings. The standard InChI is InChI=1S/C9H13ClN4OS/c1-7-11-12-9(16-7)14-4-2-13(3-5-14)8(15)6-10/h2-6H2,1H3. The lowest BCUT2D eigenvalue weighted by Crippen LogP contribution is -2.49. The number of piperazine rings is 1. The predicted molar refractivity (Wildman–Crippen MR) is 64.2 cm³/mol. The minimum absolute atomic E-state index is 0.00904. The second kappa shape index (κ2) is 4.97. The molecule has 0 spiro atoms. The zero-order chi connectivity index (χ0) is 11.5. The van der Waals surface area contributed by atoms with Gasteiger partial charge in [-0.3, -0.25) is 4.79 Å². The van der Waals surface area contributed by atoms with Crippen LogP contribution in [0.4, 0.5) is 5.13 Å². The number of alkyl halides is 1. The molecule has 5 nitrogen and oxygen atoms in total. The molecule has 0 saturated carbocycles. The summed E-state index contributed by atoms with van der Waals surface area (Å²) in [5, 5.41) is 9.99. The van der Waals surface area contributed by atoms with Crippen molar-refractivity contribution in [3.8, 4) is 0 Å². The molecule has 1 aliphatic heterocycles. The van der Waals surface area contributed by atoms with Gasteiger partial charge < -0.3 is 9.80 Å². The number of hydrogen-bond donors (Lipinski definition) is 0. The molecule has 1 amide bonds. The van der Waals surface area contributed by atoms with Gasteiger partial charge in [-0.2, -0.15) is 0 Å². The van der Waals surface area contributed by atoms with Gasteiger partial charge in [0.2, 0.25) is 11.0 Å². The molecular formula is C9H13ClN4OS. The quantitative estimate of drug-likeness (QED) is 0.736. The normalized spacial score (nSPS) is 16.6. The topological polar surface area (TPSA) is 49.3 Å².